The number of esters is 1. The molecule has 0 aliphatic carbocycles. The van der Waals surface area contributed by atoms with E-state index in [-0.39, 0.29) is 23.8 Å². The molecule has 29 heavy (non-hydrogen) atoms. The second kappa shape index (κ2) is 8.34. The number of rotatable bonds is 6. The lowest BCUT2D eigenvalue weighted by Crippen LogP contribution is -2.18. The zero-order valence-electron chi connectivity index (χ0n) is 15.7. The van der Waals surface area contributed by atoms with Crippen molar-refractivity contribution in [1.29, 1.82) is 0 Å². The maximum Gasteiger partial charge on any atom is 0.573 e. The molecule has 0 aliphatic rings. The SMILES string of the molecule is CCOC(=O)c1ccc(Nc2ncc3cccc(CC)c3n2)c(OC(F)(F)F)c1. The van der Waals surface area contributed by atoms with E-state index in [1.54, 1.807) is 13.1 Å². The third kappa shape index (κ3) is 4.92. The number of halogens is 3. The van der Waals surface area contributed by atoms with Crippen LogP contribution in [0.15, 0.2) is 42.6 Å². The van der Waals surface area contributed by atoms with Gasteiger partial charge in [0, 0.05) is 11.6 Å². The van der Waals surface area contributed by atoms with E-state index in [0.717, 1.165) is 23.4 Å². The van der Waals surface area contributed by atoms with Crippen LogP contribution in [0.1, 0.15) is 29.8 Å². The van der Waals surface area contributed by atoms with Crippen LogP contribution < -0.4 is 10.1 Å². The Kier molecular flexibility index (Phi) is 5.86. The highest BCUT2D eigenvalue weighted by Crippen LogP contribution is 2.33. The minimum atomic E-state index is -4.94. The molecule has 1 heterocycles. The van der Waals surface area contributed by atoms with Crippen LogP contribution in [-0.4, -0.2) is 28.9 Å². The number of fused-ring (bicyclic) bond motifs is 1. The molecule has 1 aromatic heterocycles. The number of carbonyl (C=O) groups excluding carboxylic acids is 1. The number of anilines is 2. The fourth-order valence-corrected chi connectivity index (χ4v) is 2.76. The van der Waals surface area contributed by atoms with E-state index in [9.17, 15) is 18.0 Å². The summed E-state index contributed by atoms with van der Waals surface area (Å²) in [5.41, 5.74) is 1.58. The summed E-state index contributed by atoms with van der Waals surface area (Å²) in [7, 11) is 0. The molecule has 0 unspecified atom stereocenters. The number of nitrogens with zero attached hydrogens (tertiary/aromatic N) is 2. The highest BCUT2D eigenvalue weighted by atomic mass is 19.4. The van der Waals surface area contributed by atoms with Gasteiger partial charge >= 0.3 is 12.3 Å². The number of alkyl halides is 3. The van der Waals surface area contributed by atoms with E-state index in [2.05, 4.69) is 20.0 Å². The minimum absolute atomic E-state index is 0.0382. The van der Waals surface area contributed by atoms with Gasteiger partial charge in [0.15, 0.2) is 5.75 Å². The van der Waals surface area contributed by atoms with Crippen molar-refractivity contribution in [2.24, 2.45) is 0 Å². The van der Waals surface area contributed by atoms with E-state index in [4.69, 9.17) is 4.74 Å². The van der Waals surface area contributed by atoms with Crippen molar-refractivity contribution in [3.8, 4) is 5.75 Å². The molecule has 3 rings (SSSR count). The van der Waals surface area contributed by atoms with Crippen LogP contribution in [0.5, 0.6) is 5.75 Å². The number of aryl methyl sites for hydroxylation is 1. The van der Waals surface area contributed by atoms with Crippen LogP contribution in [0.2, 0.25) is 0 Å². The van der Waals surface area contributed by atoms with Gasteiger partial charge in [0.25, 0.3) is 0 Å². The molecule has 0 saturated carbocycles. The largest absolute Gasteiger partial charge is 0.573 e. The lowest BCUT2D eigenvalue weighted by atomic mass is 10.1. The lowest BCUT2D eigenvalue weighted by molar-refractivity contribution is -0.274. The molecule has 6 nitrogen and oxygen atoms in total. The van der Waals surface area contributed by atoms with Gasteiger partial charge in [0.05, 0.1) is 23.4 Å². The van der Waals surface area contributed by atoms with Gasteiger partial charge in [-0.15, -0.1) is 13.2 Å². The second-order valence-corrected chi connectivity index (χ2v) is 6.01. The van der Waals surface area contributed by atoms with Gasteiger partial charge in [-0.2, -0.15) is 0 Å². The Morgan fingerprint density at radius 3 is 2.66 bits per heavy atom. The molecular weight excluding hydrogens is 387 g/mol. The molecular formula is C20H18F3N3O3. The van der Waals surface area contributed by atoms with Crippen molar-refractivity contribution in [2.45, 2.75) is 26.6 Å². The second-order valence-electron chi connectivity index (χ2n) is 6.01. The monoisotopic (exact) mass is 405 g/mol. The normalized spacial score (nSPS) is 11.3. The smallest absolute Gasteiger partial charge is 0.462 e. The maximum absolute atomic E-state index is 12.9. The first-order valence-electron chi connectivity index (χ1n) is 8.89. The van der Waals surface area contributed by atoms with Gasteiger partial charge in [0.1, 0.15) is 0 Å². The van der Waals surface area contributed by atoms with Gasteiger partial charge < -0.3 is 14.8 Å². The molecule has 152 valence electrons. The van der Waals surface area contributed by atoms with Gasteiger partial charge in [0.2, 0.25) is 5.95 Å². The van der Waals surface area contributed by atoms with Crippen molar-refractivity contribution >= 4 is 28.5 Å². The first-order valence-corrected chi connectivity index (χ1v) is 8.89. The lowest BCUT2D eigenvalue weighted by Gasteiger charge is -2.15. The first-order chi connectivity index (χ1) is 13.8. The Bertz CT molecular complexity index is 1040. The number of hydrogen-bond acceptors (Lipinski definition) is 6. The molecule has 0 aliphatic heterocycles. The van der Waals surface area contributed by atoms with Crippen molar-refractivity contribution in [1.82, 2.24) is 9.97 Å². The van der Waals surface area contributed by atoms with Crippen LogP contribution in [-0.2, 0) is 11.2 Å². The Hall–Kier alpha value is -3.36. The van der Waals surface area contributed by atoms with E-state index in [1.807, 2.05) is 25.1 Å². The molecule has 0 bridgehead atoms. The standard InChI is InChI=1S/C20H18F3N3O3/c1-3-12-6-5-7-14-11-24-19(26-17(12)14)25-15-9-8-13(18(27)28-4-2)10-16(15)29-20(21,22)23/h5-11H,3-4H2,1-2H3,(H,24,25,26). The summed E-state index contributed by atoms with van der Waals surface area (Å²) in [5, 5.41) is 3.56. The molecule has 0 amide bonds. The molecule has 2 aromatic carbocycles. The van der Waals surface area contributed by atoms with Gasteiger partial charge in [-0.1, -0.05) is 25.1 Å². The summed E-state index contributed by atoms with van der Waals surface area (Å²) in [6.45, 7) is 3.68. The van der Waals surface area contributed by atoms with Crippen molar-refractivity contribution in [2.75, 3.05) is 11.9 Å². The Morgan fingerprint density at radius 2 is 1.97 bits per heavy atom. The molecule has 9 heteroatoms. The number of para-hydroxylation sites is 1. The average molecular weight is 405 g/mol. The molecule has 1 N–H and O–H groups in total. The first kappa shape index (κ1) is 20.4. The van der Waals surface area contributed by atoms with E-state index in [0.29, 0.717) is 5.52 Å². The molecule has 0 atom stereocenters. The third-order valence-electron chi connectivity index (χ3n) is 4.04. The molecule has 0 radical (unpaired) electrons. The fraction of sp³-hybridized carbons (Fsp3) is 0.250. The molecule has 0 spiro atoms. The summed E-state index contributed by atoms with van der Waals surface area (Å²) < 4.78 is 47.5. The molecule has 0 saturated heterocycles. The number of aromatic nitrogens is 2. The number of nitrogens with one attached hydrogen (secondary N) is 1. The van der Waals surface area contributed by atoms with Crippen molar-refractivity contribution in [3.05, 3.63) is 53.7 Å². The van der Waals surface area contributed by atoms with Gasteiger partial charge in [-0.3, -0.25) is 0 Å². The van der Waals surface area contributed by atoms with Crippen LogP contribution in [0.4, 0.5) is 24.8 Å². The highest BCUT2D eigenvalue weighted by Gasteiger charge is 2.32. The number of ether oxygens (including phenoxy) is 2. The van der Waals surface area contributed by atoms with Crippen molar-refractivity contribution in [3.63, 3.8) is 0 Å². The maximum atomic E-state index is 12.9. The summed E-state index contributed by atoms with van der Waals surface area (Å²) in [6, 6.07) is 9.25. The average Bonchev–Trinajstić information content (AvgIpc) is 2.67. The molecule has 3 aromatic rings. The summed E-state index contributed by atoms with van der Waals surface area (Å²) in [5.74, 6) is -1.23. The predicted molar refractivity (Wildman–Crippen MR) is 101 cm³/mol. The van der Waals surface area contributed by atoms with Crippen LogP contribution >= 0.6 is 0 Å². The van der Waals surface area contributed by atoms with Gasteiger partial charge in [-0.25, -0.2) is 14.8 Å². The Morgan fingerprint density at radius 1 is 1.17 bits per heavy atom. The van der Waals surface area contributed by atoms with E-state index >= 15 is 0 Å². The van der Waals surface area contributed by atoms with Crippen LogP contribution in [0.25, 0.3) is 10.9 Å². The molecule has 0 fully saturated rings. The minimum Gasteiger partial charge on any atom is -0.462 e. The number of hydrogen-bond donors (Lipinski definition) is 1. The fourth-order valence-electron chi connectivity index (χ4n) is 2.76. The number of benzene rings is 2. The van der Waals surface area contributed by atoms with E-state index in [1.165, 1.54) is 12.1 Å². The summed E-state index contributed by atoms with van der Waals surface area (Å²) in [6.07, 6.45) is -2.62. The summed E-state index contributed by atoms with van der Waals surface area (Å²) >= 11 is 0. The quantitative estimate of drug-likeness (QED) is 0.581. The number of carbonyl (C=O) groups is 1. The zero-order chi connectivity index (χ0) is 21.0. The summed E-state index contributed by atoms with van der Waals surface area (Å²) in [4.78, 5) is 20.4. The predicted octanol–water partition coefficient (Wildman–Crippen LogP) is 5.01. The zero-order valence-corrected chi connectivity index (χ0v) is 15.7. The third-order valence-corrected chi connectivity index (χ3v) is 4.04. The Balaban J connectivity index is 1.99. The van der Waals surface area contributed by atoms with Crippen LogP contribution in [0, 0.1) is 0 Å². The Labute approximate surface area is 164 Å². The van der Waals surface area contributed by atoms with E-state index < -0.39 is 18.1 Å². The van der Waals surface area contributed by atoms with Crippen LogP contribution in [0.3, 0.4) is 0 Å². The van der Waals surface area contributed by atoms with Gasteiger partial charge in [-0.05, 0) is 37.1 Å². The topological polar surface area (TPSA) is 73.3 Å². The highest BCUT2D eigenvalue weighted by molar-refractivity contribution is 5.91. The van der Waals surface area contributed by atoms with Crippen molar-refractivity contribution < 1.29 is 27.4 Å².